The zero-order valence-corrected chi connectivity index (χ0v) is 17.4. The lowest BCUT2D eigenvalue weighted by molar-refractivity contribution is 0.178. The lowest BCUT2D eigenvalue weighted by Gasteiger charge is -2.30. The lowest BCUT2D eigenvalue weighted by atomic mass is 9.98. The van der Waals surface area contributed by atoms with E-state index in [1.807, 2.05) is 0 Å². The summed E-state index contributed by atoms with van der Waals surface area (Å²) in [6.45, 7) is 18.1. The molecule has 0 unspecified atom stereocenters. The SMILES string of the molecule is CN=C(NCCN(C(C)C)C(C)C)NCc1csc(C(C)(C)C)n1. The maximum Gasteiger partial charge on any atom is 0.191 e. The smallest absolute Gasteiger partial charge is 0.191 e. The number of nitrogens with one attached hydrogen (secondary N) is 2. The molecule has 0 aliphatic rings. The van der Waals surface area contributed by atoms with Crippen LogP contribution in [0.3, 0.4) is 0 Å². The number of thiazole rings is 1. The van der Waals surface area contributed by atoms with Gasteiger partial charge >= 0.3 is 0 Å². The first kappa shape index (κ1) is 20.9. The Bertz CT molecular complexity index is 506. The van der Waals surface area contributed by atoms with Gasteiger partial charge in [0.25, 0.3) is 0 Å². The fourth-order valence-electron chi connectivity index (χ4n) is 2.54. The molecule has 5 nitrogen and oxygen atoms in total. The summed E-state index contributed by atoms with van der Waals surface area (Å²) in [6, 6.07) is 1.10. The van der Waals surface area contributed by atoms with E-state index < -0.39 is 0 Å². The molecule has 1 rings (SSSR count). The third-order valence-corrected chi connectivity index (χ3v) is 5.16. The number of aromatic nitrogens is 1. The van der Waals surface area contributed by atoms with Gasteiger partial charge in [-0.25, -0.2) is 4.98 Å². The third-order valence-electron chi connectivity index (χ3n) is 3.84. The summed E-state index contributed by atoms with van der Waals surface area (Å²) in [5.74, 6) is 0.827. The van der Waals surface area contributed by atoms with Crippen LogP contribution in [0.2, 0.25) is 0 Å². The summed E-state index contributed by atoms with van der Waals surface area (Å²) >= 11 is 1.73. The minimum Gasteiger partial charge on any atom is -0.355 e. The standard InChI is InChI=1S/C18H35N5S/c1-13(2)23(14(3)4)10-9-20-17(19-8)21-11-15-12-24-16(22-15)18(5,6)7/h12-14H,9-11H2,1-8H3,(H2,19,20,21). The highest BCUT2D eigenvalue weighted by atomic mass is 32.1. The van der Waals surface area contributed by atoms with Crippen LogP contribution in [0.15, 0.2) is 10.4 Å². The molecule has 0 aliphatic heterocycles. The molecule has 0 spiro atoms. The van der Waals surface area contributed by atoms with Gasteiger partial charge in [-0.3, -0.25) is 9.89 Å². The van der Waals surface area contributed by atoms with Crippen molar-refractivity contribution in [3.8, 4) is 0 Å². The quantitative estimate of drug-likeness (QED) is 0.584. The molecule has 2 N–H and O–H groups in total. The number of rotatable bonds is 7. The second kappa shape index (κ2) is 9.37. The summed E-state index contributed by atoms with van der Waals surface area (Å²) in [4.78, 5) is 11.5. The molecule has 24 heavy (non-hydrogen) atoms. The van der Waals surface area contributed by atoms with Crippen molar-refractivity contribution in [1.29, 1.82) is 0 Å². The minimum atomic E-state index is 0.111. The maximum atomic E-state index is 4.71. The normalized spacial score (nSPS) is 13.2. The van der Waals surface area contributed by atoms with Gasteiger partial charge in [0.2, 0.25) is 0 Å². The van der Waals surface area contributed by atoms with E-state index in [4.69, 9.17) is 4.98 Å². The molecule has 0 aliphatic carbocycles. The van der Waals surface area contributed by atoms with E-state index in [1.54, 1.807) is 18.4 Å². The van der Waals surface area contributed by atoms with Gasteiger partial charge in [-0.15, -0.1) is 11.3 Å². The van der Waals surface area contributed by atoms with Crippen molar-refractivity contribution in [3.05, 3.63) is 16.1 Å². The Morgan fingerprint density at radius 3 is 2.29 bits per heavy atom. The van der Waals surface area contributed by atoms with Crippen LogP contribution in [-0.4, -0.2) is 48.1 Å². The van der Waals surface area contributed by atoms with E-state index in [0.717, 1.165) is 24.7 Å². The van der Waals surface area contributed by atoms with Crippen LogP contribution in [0.5, 0.6) is 0 Å². The van der Waals surface area contributed by atoms with Gasteiger partial charge in [0, 0.05) is 43.0 Å². The van der Waals surface area contributed by atoms with E-state index in [-0.39, 0.29) is 5.41 Å². The molecule has 0 bridgehead atoms. The highest BCUT2D eigenvalue weighted by molar-refractivity contribution is 7.09. The largest absolute Gasteiger partial charge is 0.355 e. The van der Waals surface area contributed by atoms with Gasteiger partial charge in [-0.05, 0) is 27.7 Å². The minimum absolute atomic E-state index is 0.111. The predicted octanol–water partition coefficient (Wildman–Crippen LogP) is 3.22. The van der Waals surface area contributed by atoms with Gasteiger partial charge in [0.05, 0.1) is 17.2 Å². The Balaban J connectivity index is 2.44. The van der Waals surface area contributed by atoms with Crippen LogP contribution >= 0.6 is 11.3 Å². The summed E-state index contributed by atoms with van der Waals surface area (Å²) in [7, 11) is 1.81. The van der Waals surface area contributed by atoms with Gasteiger partial charge in [-0.1, -0.05) is 20.8 Å². The van der Waals surface area contributed by atoms with Gasteiger partial charge in [-0.2, -0.15) is 0 Å². The van der Waals surface area contributed by atoms with Crippen LogP contribution in [0.4, 0.5) is 0 Å². The van der Waals surface area contributed by atoms with Crippen molar-refractivity contribution in [2.75, 3.05) is 20.1 Å². The van der Waals surface area contributed by atoms with E-state index in [0.29, 0.717) is 18.6 Å². The van der Waals surface area contributed by atoms with E-state index in [2.05, 4.69) is 74.4 Å². The number of hydrogen-bond acceptors (Lipinski definition) is 4. The highest BCUT2D eigenvalue weighted by Gasteiger charge is 2.18. The molecule has 1 aromatic rings. The Hall–Kier alpha value is -1.14. The molecule has 1 heterocycles. The number of aliphatic imine (C=N–C) groups is 1. The summed E-state index contributed by atoms with van der Waals surface area (Å²) in [5, 5.41) is 10.0. The van der Waals surface area contributed by atoms with Crippen LogP contribution in [-0.2, 0) is 12.0 Å². The van der Waals surface area contributed by atoms with Crippen LogP contribution in [0, 0.1) is 0 Å². The number of hydrogen-bond donors (Lipinski definition) is 2. The van der Waals surface area contributed by atoms with E-state index in [1.165, 1.54) is 5.01 Å². The average Bonchev–Trinajstić information content (AvgIpc) is 2.94. The molecule has 0 atom stereocenters. The molecule has 0 saturated carbocycles. The van der Waals surface area contributed by atoms with Gasteiger partial charge in [0.15, 0.2) is 5.96 Å². The van der Waals surface area contributed by atoms with Crippen LogP contribution < -0.4 is 10.6 Å². The van der Waals surface area contributed by atoms with Gasteiger partial charge < -0.3 is 10.6 Å². The van der Waals surface area contributed by atoms with Gasteiger partial charge in [0.1, 0.15) is 0 Å². The number of nitrogens with zero attached hydrogens (tertiary/aromatic N) is 3. The summed E-state index contributed by atoms with van der Waals surface area (Å²) < 4.78 is 0. The first-order valence-corrected chi connectivity index (χ1v) is 9.68. The van der Waals surface area contributed by atoms with Crippen molar-refractivity contribution in [1.82, 2.24) is 20.5 Å². The number of guanidine groups is 1. The highest BCUT2D eigenvalue weighted by Crippen LogP contribution is 2.25. The average molecular weight is 354 g/mol. The van der Waals surface area contributed by atoms with Crippen molar-refractivity contribution in [2.24, 2.45) is 4.99 Å². The maximum absolute atomic E-state index is 4.71. The van der Waals surface area contributed by atoms with E-state index in [9.17, 15) is 0 Å². The lowest BCUT2D eigenvalue weighted by Crippen LogP contribution is -2.45. The Labute approximate surface area is 152 Å². The molecule has 0 aromatic carbocycles. The Morgan fingerprint density at radius 2 is 1.83 bits per heavy atom. The molecule has 138 valence electrons. The zero-order chi connectivity index (χ0) is 18.3. The Kier molecular flexibility index (Phi) is 8.16. The monoisotopic (exact) mass is 353 g/mol. The molecule has 1 aromatic heterocycles. The predicted molar refractivity (Wildman–Crippen MR) is 106 cm³/mol. The van der Waals surface area contributed by atoms with Crippen molar-refractivity contribution < 1.29 is 0 Å². The Morgan fingerprint density at radius 1 is 1.21 bits per heavy atom. The second-order valence-corrected chi connectivity index (χ2v) is 8.53. The van der Waals surface area contributed by atoms with Crippen LogP contribution in [0.1, 0.15) is 59.2 Å². The fourth-order valence-corrected chi connectivity index (χ4v) is 3.45. The zero-order valence-electron chi connectivity index (χ0n) is 16.6. The third kappa shape index (κ3) is 6.77. The van der Waals surface area contributed by atoms with Crippen molar-refractivity contribution in [2.45, 2.75) is 72.5 Å². The van der Waals surface area contributed by atoms with Crippen molar-refractivity contribution >= 4 is 17.3 Å². The molecule has 0 amide bonds. The summed E-state index contributed by atoms with van der Waals surface area (Å²) in [5.41, 5.74) is 1.18. The van der Waals surface area contributed by atoms with Crippen LogP contribution in [0.25, 0.3) is 0 Å². The first-order valence-electron chi connectivity index (χ1n) is 8.80. The second-order valence-electron chi connectivity index (χ2n) is 7.67. The molecular formula is C18H35N5S. The molecule has 6 heteroatoms. The van der Waals surface area contributed by atoms with Crippen molar-refractivity contribution in [3.63, 3.8) is 0 Å². The molecular weight excluding hydrogens is 318 g/mol. The topological polar surface area (TPSA) is 52.6 Å². The summed E-state index contributed by atoms with van der Waals surface area (Å²) in [6.07, 6.45) is 0. The molecule has 0 fully saturated rings. The molecule has 0 radical (unpaired) electrons. The first-order chi connectivity index (χ1) is 11.1. The van der Waals surface area contributed by atoms with E-state index >= 15 is 0 Å². The fraction of sp³-hybridized carbons (Fsp3) is 0.778. The molecule has 0 saturated heterocycles.